The fraction of sp³-hybridized carbons (Fsp3) is 0.857. The van der Waals surface area contributed by atoms with E-state index in [9.17, 15) is 9.59 Å². The summed E-state index contributed by atoms with van der Waals surface area (Å²) in [4.78, 5) is 26.2. The van der Waals surface area contributed by atoms with Crippen LogP contribution in [-0.2, 0) is 9.59 Å². The molecule has 2 heterocycles. The summed E-state index contributed by atoms with van der Waals surface area (Å²) >= 11 is 0. The third-order valence-corrected chi connectivity index (χ3v) is 4.27. The number of hydrogen-bond donors (Lipinski definition) is 2. The Kier molecular flexibility index (Phi) is 4.45. The SMILES string of the molecule is CC(C)CC(CN)C(=O)N1CCCC2C(=O)NCC21. The third-order valence-electron chi connectivity index (χ3n) is 4.27. The summed E-state index contributed by atoms with van der Waals surface area (Å²) in [6.07, 6.45) is 2.64. The third kappa shape index (κ3) is 2.91. The van der Waals surface area contributed by atoms with Gasteiger partial charge in [-0.25, -0.2) is 0 Å². The largest absolute Gasteiger partial charge is 0.354 e. The first-order chi connectivity index (χ1) is 9.04. The van der Waals surface area contributed by atoms with E-state index in [1.165, 1.54) is 0 Å². The van der Waals surface area contributed by atoms with Gasteiger partial charge in [-0.1, -0.05) is 13.8 Å². The predicted octanol–water partition coefficient (Wildman–Crippen LogP) is 0.344. The van der Waals surface area contributed by atoms with E-state index in [0.717, 1.165) is 25.8 Å². The first kappa shape index (κ1) is 14.3. The van der Waals surface area contributed by atoms with Crippen molar-refractivity contribution < 1.29 is 9.59 Å². The van der Waals surface area contributed by atoms with Gasteiger partial charge < -0.3 is 16.0 Å². The van der Waals surface area contributed by atoms with Crippen molar-refractivity contribution in [1.82, 2.24) is 10.2 Å². The van der Waals surface area contributed by atoms with E-state index in [0.29, 0.717) is 19.0 Å². The first-order valence-corrected chi connectivity index (χ1v) is 7.32. The molecule has 0 aromatic carbocycles. The number of likely N-dealkylation sites (tertiary alicyclic amines) is 1. The second-order valence-corrected chi connectivity index (χ2v) is 6.16. The van der Waals surface area contributed by atoms with E-state index in [1.54, 1.807) is 0 Å². The highest BCUT2D eigenvalue weighted by atomic mass is 16.2. The highest BCUT2D eigenvalue weighted by molar-refractivity contribution is 5.85. The van der Waals surface area contributed by atoms with Gasteiger partial charge in [-0.2, -0.15) is 0 Å². The zero-order valence-electron chi connectivity index (χ0n) is 11.9. The van der Waals surface area contributed by atoms with Gasteiger partial charge in [0.1, 0.15) is 0 Å². The number of carbonyl (C=O) groups is 2. The van der Waals surface area contributed by atoms with Crippen LogP contribution in [0.15, 0.2) is 0 Å². The summed E-state index contributed by atoms with van der Waals surface area (Å²) in [6.45, 7) is 5.98. The molecular weight excluding hydrogens is 242 g/mol. The molecule has 2 fully saturated rings. The summed E-state index contributed by atoms with van der Waals surface area (Å²) < 4.78 is 0. The average Bonchev–Trinajstić information content (AvgIpc) is 2.77. The van der Waals surface area contributed by atoms with E-state index in [4.69, 9.17) is 5.73 Å². The maximum absolute atomic E-state index is 12.6. The van der Waals surface area contributed by atoms with Crippen molar-refractivity contribution >= 4 is 11.8 Å². The Hall–Kier alpha value is -1.10. The van der Waals surface area contributed by atoms with Crippen molar-refractivity contribution in [2.45, 2.75) is 39.2 Å². The van der Waals surface area contributed by atoms with Crippen LogP contribution in [0.25, 0.3) is 0 Å². The molecule has 0 aromatic rings. The van der Waals surface area contributed by atoms with Crippen molar-refractivity contribution in [3.63, 3.8) is 0 Å². The Labute approximate surface area is 114 Å². The van der Waals surface area contributed by atoms with Gasteiger partial charge >= 0.3 is 0 Å². The summed E-state index contributed by atoms with van der Waals surface area (Å²) in [7, 11) is 0. The molecule has 5 nitrogen and oxygen atoms in total. The highest BCUT2D eigenvalue weighted by Gasteiger charge is 2.43. The second kappa shape index (κ2) is 5.90. The zero-order chi connectivity index (χ0) is 14.0. The Bertz CT molecular complexity index is 357. The maximum atomic E-state index is 12.6. The van der Waals surface area contributed by atoms with Crippen LogP contribution < -0.4 is 11.1 Å². The van der Waals surface area contributed by atoms with E-state index in [1.807, 2.05) is 4.90 Å². The van der Waals surface area contributed by atoms with Crippen LogP contribution in [-0.4, -0.2) is 42.4 Å². The molecule has 0 aliphatic carbocycles. The molecule has 0 radical (unpaired) electrons. The lowest BCUT2D eigenvalue weighted by Crippen LogP contribution is -2.51. The number of piperidine rings is 1. The van der Waals surface area contributed by atoms with Crippen molar-refractivity contribution in [3.05, 3.63) is 0 Å². The van der Waals surface area contributed by atoms with E-state index in [-0.39, 0.29) is 29.7 Å². The van der Waals surface area contributed by atoms with Gasteiger partial charge in [-0.05, 0) is 25.2 Å². The molecule has 2 rings (SSSR count). The van der Waals surface area contributed by atoms with Gasteiger partial charge in [0.2, 0.25) is 11.8 Å². The molecule has 2 aliphatic rings. The Balaban J connectivity index is 2.07. The molecule has 19 heavy (non-hydrogen) atoms. The lowest BCUT2D eigenvalue weighted by atomic mass is 9.88. The van der Waals surface area contributed by atoms with Crippen LogP contribution in [0.2, 0.25) is 0 Å². The van der Waals surface area contributed by atoms with E-state index >= 15 is 0 Å². The van der Waals surface area contributed by atoms with Gasteiger partial charge in [0.05, 0.1) is 17.9 Å². The molecule has 3 atom stereocenters. The molecule has 0 bridgehead atoms. The lowest BCUT2D eigenvalue weighted by Gasteiger charge is -2.38. The molecule has 5 heteroatoms. The topological polar surface area (TPSA) is 75.4 Å². The molecule has 2 aliphatic heterocycles. The quantitative estimate of drug-likeness (QED) is 0.771. The molecular formula is C14H25N3O2. The normalized spacial score (nSPS) is 28.2. The summed E-state index contributed by atoms with van der Waals surface area (Å²) in [5, 5.41) is 2.88. The number of amides is 2. The highest BCUT2D eigenvalue weighted by Crippen LogP contribution is 2.29. The van der Waals surface area contributed by atoms with Crippen LogP contribution in [0.5, 0.6) is 0 Å². The fourth-order valence-corrected chi connectivity index (χ4v) is 3.33. The molecule has 0 aromatic heterocycles. The molecule has 108 valence electrons. The Morgan fingerprint density at radius 3 is 2.89 bits per heavy atom. The number of nitrogens with zero attached hydrogens (tertiary/aromatic N) is 1. The summed E-state index contributed by atoms with van der Waals surface area (Å²) in [5.41, 5.74) is 5.76. The van der Waals surface area contributed by atoms with Gasteiger partial charge in [0.15, 0.2) is 0 Å². The van der Waals surface area contributed by atoms with Crippen LogP contribution >= 0.6 is 0 Å². The number of hydrogen-bond acceptors (Lipinski definition) is 3. The number of nitrogens with one attached hydrogen (secondary N) is 1. The van der Waals surface area contributed by atoms with Gasteiger partial charge in [-0.3, -0.25) is 9.59 Å². The predicted molar refractivity (Wildman–Crippen MR) is 73.2 cm³/mol. The standard InChI is InChI=1S/C14H25N3O2/c1-9(2)6-10(7-15)14(19)17-5-3-4-11-12(17)8-16-13(11)18/h9-12H,3-8,15H2,1-2H3,(H,16,18). The Morgan fingerprint density at radius 1 is 1.53 bits per heavy atom. The number of nitrogens with two attached hydrogens (primary N) is 1. The molecule has 2 amide bonds. The monoisotopic (exact) mass is 267 g/mol. The Morgan fingerprint density at radius 2 is 2.26 bits per heavy atom. The van der Waals surface area contributed by atoms with Crippen molar-refractivity contribution in [2.75, 3.05) is 19.6 Å². The van der Waals surface area contributed by atoms with Crippen LogP contribution in [0.1, 0.15) is 33.1 Å². The number of rotatable bonds is 4. The van der Waals surface area contributed by atoms with Gasteiger partial charge in [-0.15, -0.1) is 0 Å². The van der Waals surface area contributed by atoms with Crippen LogP contribution in [0.3, 0.4) is 0 Å². The maximum Gasteiger partial charge on any atom is 0.227 e. The average molecular weight is 267 g/mol. The van der Waals surface area contributed by atoms with Crippen molar-refractivity contribution in [3.8, 4) is 0 Å². The smallest absolute Gasteiger partial charge is 0.227 e. The molecule has 3 unspecified atom stereocenters. The molecule has 3 N–H and O–H groups in total. The minimum atomic E-state index is -0.102. The van der Waals surface area contributed by atoms with Crippen molar-refractivity contribution in [2.24, 2.45) is 23.5 Å². The molecule has 0 saturated carbocycles. The first-order valence-electron chi connectivity index (χ1n) is 7.32. The molecule has 2 saturated heterocycles. The van der Waals surface area contributed by atoms with Gasteiger partial charge in [0, 0.05) is 19.6 Å². The minimum Gasteiger partial charge on any atom is -0.354 e. The van der Waals surface area contributed by atoms with E-state index < -0.39 is 0 Å². The van der Waals surface area contributed by atoms with Crippen LogP contribution in [0, 0.1) is 17.8 Å². The number of carbonyl (C=O) groups excluding carboxylic acids is 2. The molecule has 0 spiro atoms. The van der Waals surface area contributed by atoms with Crippen molar-refractivity contribution in [1.29, 1.82) is 0 Å². The van der Waals surface area contributed by atoms with E-state index in [2.05, 4.69) is 19.2 Å². The summed E-state index contributed by atoms with van der Waals surface area (Å²) in [6, 6.07) is 0.0509. The zero-order valence-corrected chi connectivity index (χ0v) is 11.9. The fourth-order valence-electron chi connectivity index (χ4n) is 3.33. The lowest BCUT2D eigenvalue weighted by molar-refractivity contribution is -0.141. The second-order valence-electron chi connectivity index (χ2n) is 6.16. The van der Waals surface area contributed by atoms with Gasteiger partial charge in [0.25, 0.3) is 0 Å². The summed E-state index contributed by atoms with van der Waals surface area (Å²) in [5.74, 6) is 0.601. The van der Waals surface area contributed by atoms with Crippen LogP contribution in [0.4, 0.5) is 0 Å². The minimum absolute atomic E-state index is 0.00447. The number of fused-ring (bicyclic) bond motifs is 1.